The Bertz CT molecular complexity index is 504. The molecule has 1 N–H and O–H groups in total. The molecule has 2 rings (SSSR count). The molecule has 2 aromatic rings. The Hall–Kier alpha value is -0.350. The van der Waals surface area contributed by atoms with Crippen molar-refractivity contribution >= 4 is 38.9 Å². The topological polar surface area (TPSA) is 20.2 Å². The first kappa shape index (κ1) is 13.1. The van der Waals surface area contributed by atoms with Gasteiger partial charge in [-0.2, -0.15) is 0 Å². The van der Waals surface area contributed by atoms with Crippen molar-refractivity contribution in [2.24, 2.45) is 0 Å². The molecule has 1 atom stereocenters. The van der Waals surface area contributed by atoms with Crippen LogP contribution in [0.1, 0.15) is 22.1 Å². The fraction of sp³-hybridized carbons (Fsp3) is 0.231. The van der Waals surface area contributed by atoms with Crippen LogP contribution in [-0.2, 0) is 6.42 Å². The highest BCUT2D eigenvalue weighted by Crippen LogP contribution is 2.36. The first-order chi connectivity index (χ1) is 8.08. The second-order valence-corrected chi connectivity index (χ2v) is 6.46. The van der Waals surface area contributed by atoms with Crippen molar-refractivity contribution in [3.63, 3.8) is 0 Å². The zero-order valence-corrected chi connectivity index (χ0v) is 12.4. The number of halogens is 2. The highest BCUT2D eigenvalue weighted by Gasteiger charge is 2.14. The molecule has 0 aliphatic carbocycles. The second-order valence-electron chi connectivity index (χ2n) is 3.92. The zero-order chi connectivity index (χ0) is 12.4. The van der Waals surface area contributed by atoms with Gasteiger partial charge in [0.15, 0.2) is 0 Å². The summed E-state index contributed by atoms with van der Waals surface area (Å²) in [6.45, 7) is 2.05. The maximum Gasteiger partial charge on any atom is 0.107 e. The summed E-state index contributed by atoms with van der Waals surface area (Å²) in [4.78, 5) is 0.894. The molecule has 0 saturated carbocycles. The van der Waals surface area contributed by atoms with Crippen molar-refractivity contribution in [2.45, 2.75) is 19.4 Å². The van der Waals surface area contributed by atoms with Gasteiger partial charge >= 0.3 is 0 Å². The highest BCUT2D eigenvalue weighted by molar-refractivity contribution is 9.10. The molecule has 1 nitrogen and oxygen atoms in total. The average molecular weight is 332 g/mol. The lowest BCUT2D eigenvalue weighted by Crippen LogP contribution is -2.00. The van der Waals surface area contributed by atoms with E-state index in [0.717, 1.165) is 9.35 Å². The second kappa shape index (κ2) is 5.53. The number of thiophene rings is 1. The Morgan fingerprint density at radius 3 is 2.71 bits per heavy atom. The molecule has 17 heavy (non-hydrogen) atoms. The van der Waals surface area contributed by atoms with Gasteiger partial charge in [0.25, 0.3) is 0 Å². The summed E-state index contributed by atoms with van der Waals surface area (Å²) >= 11 is 10.7. The molecule has 0 fully saturated rings. The van der Waals surface area contributed by atoms with Crippen molar-refractivity contribution in [1.29, 1.82) is 0 Å². The Morgan fingerprint density at radius 2 is 2.12 bits per heavy atom. The van der Waals surface area contributed by atoms with Gasteiger partial charge in [-0.3, -0.25) is 0 Å². The first-order valence-corrected chi connectivity index (χ1v) is 7.24. The summed E-state index contributed by atoms with van der Waals surface area (Å²) in [6.07, 6.45) is 0.126. The van der Waals surface area contributed by atoms with Crippen molar-refractivity contribution in [2.75, 3.05) is 0 Å². The largest absolute Gasteiger partial charge is 0.387 e. The fourth-order valence-corrected chi connectivity index (χ4v) is 3.40. The molecular weight excluding hydrogens is 320 g/mol. The van der Waals surface area contributed by atoms with Crippen LogP contribution in [0, 0.1) is 6.92 Å². The van der Waals surface area contributed by atoms with Gasteiger partial charge in [0.1, 0.15) is 4.34 Å². The third kappa shape index (κ3) is 3.10. The number of benzene rings is 1. The molecule has 0 radical (unpaired) electrons. The Morgan fingerprint density at radius 1 is 1.41 bits per heavy atom. The minimum absolute atomic E-state index is 0.495. The van der Waals surface area contributed by atoms with Crippen LogP contribution in [0.25, 0.3) is 0 Å². The van der Waals surface area contributed by atoms with E-state index < -0.39 is 6.10 Å². The van der Waals surface area contributed by atoms with Crippen LogP contribution >= 0.6 is 38.9 Å². The predicted octanol–water partition coefficient (Wildman–Crippen LogP) is 4.75. The van der Waals surface area contributed by atoms with Crippen molar-refractivity contribution in [1.82, 2.24) is 0 Å². The van der Waals surface area contributed by atoms with Crippen LogP contribution in [-0.4, -0.2) is 5.11 Å². The first-order valence-electron chi connectivity index (χ1n) is 5.25. The predicted molar refractivity (Wildman–Crippen MR) is 76.9 cm³/mol. The van der Waals surface area contributed by atoms with Crippen LogP contribution in [0.5, 0.6) is 0 Å². The SMILES string of the molecule is Cc1ccccc1CC(O)c1cc(Br)c(Cl)s1. The lowest BCUT2D eigenvalue weighted by molar-refractivity contribution is 0.182. The highest BCUT2D eigenvalue weighted by atomic mass is 79.9. The lowest BCUT2D eigenvalue weighted by atomic mass is 10.0. The summed E-state index contributed by atoms with van der Waals surface area (Å²) in [5.74, 6) is 0. The van der Waals surface area contributed by atoms with Crippen molar-refractivity contribution < 1.29 is 5.11 Å². The van der Waals surface area contributed by atoms with Gasteiger partial charge < -0.3 is 5.11 Å². The molecule has 0 aliphatic rings. The maximum absolute atomic E-state index is 10.2. The number of aliphatic hydroxyl groups excluding tert-OH is 1. The number of aliphatic hydroxyl groups is 1. The van der Waals surface area contributed by atoms with Crippen LogP contribution in [0.4, 0.5) is 0 Å². The standard InChI is InChI=1S/C13H12BrClOS/c1-8-4-2-3-5-9(8)6-11(16)12-7-10(14)13(15)17-12/h2-5,7,11,16H,6H2,1H3. The zero-order valence-electron chi connectivity index (χ0n) is 9.28. The maximum atomic E-state index is 10.2. The van der Waals surface area contributed by atoms with Gasteiger partial charge in [-0.25, -0.2) is 0 Å². The van der Waals surface area contributed by atoms with Gasteiger partial charge in [-0.1, -0.05) is 35.9 Å². The molecule has 0 spiro atoms. The van der Waals surface area contributed by atoms with Gasteiger partial charge in [-0.15, -0.1) is 11.3 Å². The minimum Gasteiger partial charge on any atom is -0.387 e. The monoisotopic (exact) mass is 330 g/mol. The molecule has 1 unspecified atom stereocenters. The summed E-state index contributed by atoms with van der Waals surface area (Å²) < 4.78 is 1.53. The number of hydrogen-bond donors (Lipinski definition) is 1. The van der Waals surface area contributed by atoms with Crippen LogP contribution in [0.15, 0.2) is 34.8 Å². The van der Waals surface area contributed by atoms with Gasteiger partial charge in [-0.05, 0) is 40.0 Å². The summed E-state index contributed by atoms with van der Waals surface area (Å²) in [7, 11) is 0. The fourth-order valence-electron chi connectivity index (χ4n) is 1.68. The summed E-state index contributed by atoms with van der Waals surface area (Å²) in [5, 5.41) is 10.2. The molecular formula is C13H12BrClOS. The molecule has 90 valence electrons. The Balaban J connectivity index is 2.17. The Kier molecular flexibility index (Phi) is 4.26. The third-order valence-electron chi connectivity index (χ3n) is 2.67. The average Bonchev–Trinajstić information content (AvgIpc) is 2.63. The molecule has 0 aliphatic heterocycles. The Labute approximate surface area is 118 Å². The van der Waals surface area contributed by atoms with Gasteiger partial charge in [0.05, 0.1) is 6.10 Å². The molecule has 1 aromatic carbocycles. The van der Waals surface area contributed by atoms with Crippen LogP contribution in [0.2, 0.25) is 4.34 Å². The quantitative estimate of drug-likeness (QED) is 0.860. The van der Waals surface area contributed by atoms with E-state index in [2.05, 4.69) is 28.9 Å². The minimum atomic E-state index is -0.495. The van der Waals surface area contributed by atoms with E-state index in [1.165, 1.54) is 22.5 Å². The molecule has 4 heteroatoms. The number of hydrogen-bond acceptors (Lipinski definition) is 2. The lowest BCUT2D eigenvalue weighted by Gasteiger charge is -2.10. The van der Waals surface area contributed by atoms with E-state index in [9.17, 15) is 5.11 Å². The van der Waals surface area contributed by atoms with E-state index in [0.29, 0.717) is 10.8 Å². The van der Waals surface area contributed by atoms with E-state index in [-0.39, 0.29) is 0 Å². The van der Waals surface area contributed by atoms with E-state index in [1.54, 1.807) is 0 Å². The van der Waals surface area contributed by atoms with E-state index in [1.807, 2.05) is 24.3 Å². The van der Waals surface area contributed by atoms with Gasteiger partial charge in [0.2, 0.25) is 0 Å². The van der Waals surface area contributed by atoms with Crippen LogP contribution < -0.4 is 0 Å². The number of aryl methyl sites for hydroxylation is 1. The molecule has 0 bridgehead atoms. The smallest absolute Gasteiger partial charge is 0.107 e. The summed E-state index contributed by atoms with van der Waals surface area (Å²) in [6, 6.07) is 9.98. The normalized spacial score (nSPS) is 12.7. The van der Waals surface area contributed by atoms with Crippen molar-refractivity contribution in [3.05, 3.63) is 55.1 Å². The third-order valence-corrected chi connectivity index (χ3v) is 5.24. The van der Waals surface area contributed by atoms with E-state index in [4.69, 9.17) is 11.6 Å². The molecule has 0 saturated heterocycles. The molecule has 1 aromatic heterocycles. The molecule has 1 heterocycles. The van der Waals surface area contributed by atoms with Gasteiger partial charge in [0, 0.05) is 15.8 Å². The molecule has 0 amide bonds. The van der Waals surface area contributed by atoms with E-state index >= 15 is 0 Å². The van der Waals surface area contributed by atoms with Crippen molar-refractivity contribution in [3.8, 4) is 0 Å². The summed E-state index contributed by atoms with van der Waals surface area (Å²) in [5.41, 5.74) is 2.37. The number of rotatable bonds is 3. The van der Waals surface area contributed by atoms with Crippen LogP contribution in [0.3, 0.4) is 0 Å².